The third-order valence-corrected chi connectivity index (χ3v) is 4.54. The lowest BCUT2D eigenvalue weighted by atomic mass is 10.1. The van der Waals surface area contributed by atoms with Crippen molar-refractivity contribution in [2.75, 3.05) is 26.2 Å². The van der Waals surface area contributed by atoms with Gasteiger partial charge in [-0.05, 0) is 56.3 Å². The Hall–Kier alpha value is -2.24. The normalized spacial score (nSPS) is 14.7. The Morgan fingerprint density at radius 3 is 2.60 bits per heavy atom. The van der Waals surface area contributed by atoms with E-state index in [1.807, 2.05) is 12.1 Å². The van der Waals surface area contributed by atoms with Gasteiger partial charge in [-0.3, -0.25) is 4.90 Å². The summed E-state index contributed by atoms with van der Waals surface area (Å²) in [6.45, 7) is 3.83. The fraction of sp³-hybridized carbons (Fsp3) is 0.316. The van der Waals surface area contributed by atoms with Crippen molar-refractivity contribution < 1.29 is 14.3 Å². The minimum Gasteiger partial charge on any atom is -0.508 e. The van der Waals surface area contributed by atoms with Gasteiger partial charge in [-0.15, -0.1) is 12.4 Å². The Kier molecular flexibility index (Phi) is 5.16. The first-order valence-electron chi connectivity index (χ1n) is 8.25. The lowest BCUT2D eigenvalue weighted by Gasteiger charge is -2.15. The van der Waals surface area contributed by atoms with Gasteiger partial charge in [0.15, 0.2) is 0 Å². The maximum Gasteiger partial charge on any atom is 0.344 e. The van der Waals surface area contributed by atoms with Crippen LogP contribution in [0.25, 0.3) is 21.7 Å². The summed E-state index contributed by atoms with van der Waals surface area (Å²) in [5, 5.41) is 11.5. The summed E-state index contributed by atoms with van der Waals surface area (Å²) >= 11 is 0. The van der Waals surface area contributed by atoms with Crippen LogP contribution in [-0.2, 0) is 0 Å². The van der Waals surface area contributed by atoms with E-state index >= 15 is 0 Å². The lowest BCUT2D eigenvalue weighted by Crippen LogP contribution is -2.25. The maximum absolute atomic E-state index is 12.1. The maximum atomic E-state index is 12.1. The number of ether oxygens (including phenoxy) is 1. The van der Waals surface area contributed by atoms with E-state index in [2.05, 4.69) is 4.90 Å². The molecular formula is C19H20ClNO4. The predicted molar refractivity (Wildman–Crippen MR) is 100 cm³/mol. The Morgan fingerprint density at radius 1 is 1.04 bits per heavy atom. The molecule has 0 amide bonds. The largest absolute Gasteiger partial charge is 0.508 e. The van der Waals surface area contributed by atoms with Crippen molar-refractivity contribution in [2.45, 2.75) is 12.8 Å². The molecule has 0 bridgehead atoms. The number of likely N-dealkylation sites (tertiary alicyclic amines) is 1. The molecule has 1 saturated heterocycles. The fourth-order valence-electron chi connectivity index (χ4n) is 3.29. The number of aromatic hydroxyl groups is 1. The highest BCUT2D eigenvalue weighted by atomic mass is 35.5. The number of hydrogen-bond acceptors (Lipinski definition) is 5. The number of halogens is 1. The topological polar surface area (TPSA) is 62.9 Å². The molecule has 25 heavy (non-hydrogen) atoms. The summed E-state index contributed by atoms with van der Waals surface area (Å²) in [6, 6.07) is 10.3. The molecule has 132 valence electrons. The van der Waals surface area contributed by atoms with Crippen molar-refractivity contribution in [3.63, 3.8) is 0 Å². The highest BCUT2D eigenvalue weighted by Crippen LogP contribution is 2.28. The van der Waals surface area contributed by atoms with Crippen LogP contribution in [0.3, 0.4) is 0 Å². The summed E-state index contributed by atoms with van der Waals surface area (Å²) in [6.07, 6.45) is 2.54. The molecule has 1 aromatic heterocycles. The fourth-order valence-corrected chi connectivity index (χ4v) is 3.29. The molecule has 1 aliphatic rings. The smallest absolute Gasteiger partial charge is 0.344 e. The van der Waals surface area contributed by atoms with Crippen LogP contribution in [0.4, 0.5) is 0 Å². The number of fused-ring (bicyclic) bond motifs is 3. The third-order valence-electron chi connectivity index (χ3n) is 4.54. The first-order chi connectivity index (χ1) is 11.7. The number of nitrogens with zero attached hydrogens (tertiary/aromatic N) is 1. The van der Waals surface area contributed by atoms with Gasteiger partial charge in [0.1, 0.15) is 23.7 Å². The summed E-state index contributed by atoms with van der Waals surface area (Å²) < 4.78 is 11.2. The van der Waals surface area contributed by atoms with Crippen molar-refractivity contribution in [2.24, 2.45) is 0 Å². The minimum atomic E-state index is -0.456. The van der Waals surface area contributed by atoms with Crippen molar-refractivity contribution in [3.05, 3.63) is 46.8 Å². The highest BCUT2D eigenvalue weighted by molar-refractivity contribution is 6.04. The van der Waals surface area contributed by atoms with E-state index in [1.54, 1.807) is 18.2 Å². The van der Waals surface area contributed by atoms with Crippen LogP contribution < -0.4 is 10.4 Å². The van der Waals surface area contributed by atoms with Gasteiger partial charge in [-0.25, -0.2) is 4.79 Å². The van der Waals surface area contributed by atoms with Crippen LogP contribution >= 0.6 is 12.4 Å². The van der Waals surface area contributed by atoms with E-state index in [9.17, 15) is 9.90 Å². The standard InChI is InChI=1S/C19H19NO4.ClH/c21-13-3-5-15-16-6-4-14(23-10-9-20-7-1-2-8-20)12-18(16)24-19(22)17(15)11-13;/h3-6,11-12,21H,1-2,7-10H2;1H. The van der Waals surface area contributed by atoms with Gasteiger partial charge in [0.2, 0.25) is 0 Å². The van der Waals surface area contributed by atoms with Crippen LogP contribution in [0.1, 0.15) is 12.8 Å². The Morgan fingerprint density at radius 2 is 1.80 bits per heavy atom. The van der Waals surface area contributed by atoms with Gasteiger partial charge < -0.3 is 14.3 Å². The minimum absolute atomic E-state index is 0. The van der Waals surface area contributed by atoms with E-state index in [1.165, 1.54) is 18.9 Å². The monoisotopic (exact) mass is 361 g/mol. The quantitative estimate of drug-likeness (QED) is 0.568. The molecule has 1 N–H and O–H groups in total. The molecular weight excluding hydrogens is 342 g/mol. The van der Waals surface area contributed by atoms with Crippen LogP contribution in [0, 0.1) is 0 Å². The zero-order valence-electron chi connectivity index (χ0n) is 13.7. The van der Waals surface area contributed by atoms with E-state index in [0.717, 1.165) is 30.4 Å². The molecule has 5 nitrogen and oxygen atoms in total. The second kappa shape index (κ2) is 7.33. The first kappa shape index (κ1) is 17.6. The van der Waals surface area contributed by atoms with Gasteiger partial charge >= 0.3 is 5.63 Å². The van der Waals surface area contributed by atoms with Crippen LogP contribution in [0.5, 0.6) is 11.5 Å². The molecule has 1 aliphatic heterocycles. The highest BCUT2D eigenvalue weighted by Gasteiger charge is 2.12. The molecule has 0 aliphatic carbocycles. The van der Waals surface area contributed by atoms with Crippen LogP contribution in [-0.4, -0.2) is 36.2 Å². The van der Waals surface area contributed by atoms with Gasteiger partial charge in [0.25, 0.3) is 0 Å². The number of phenols is 1. The van der Waals surface area contributed by atoms with E-state index < -0.39 is 5.63 Å². The number of phenolic OH excluding ortho intramolecular Hbond substituents is 1. The van der Waals surface area contributed by atoms with Crippen molar-refractivity contribution >= 4 is 34.1 Å². The molecule has 2 heterocycles. The Balaban J connectivity index is 0.00000182. The zero-order chi connectivity index (χ0) is 16.5. The summed E-state index contributed by atoms with van der Waals surface area (Å²) in [5.41, 5.74) is 0.0412. The third kappa shape index (κ3) is 3.57. The molecule has 1 fully saturated rings. The SMILES string of the molecule is Cl.O=c1oc2cc(OCCN3CCCC3)ccc2c2ccc(O)cc12. The molecule has 0 saturated carbocycles. The lowest BCUT2D eigenvalue weighted by molar-refractivity contribution is 0.238. The molecule has 0 spiro atoms. The summed E-state index contributed by atoms with van der Waals surface area (Å²) in [4.78, 5) is 14.5. The second-order valence-electron chi connectivity index (χ2n) is 6.17. The second-order valence-corrected chi connectivity index (χ2v) is 6.17. The molecule has 2 aromatic carbocycles. The molecule has 0 unspecified atom stereocenters. The Labute approximate surface area is 151 Å². The molecule has 6 heteroatoms. The van der Waals surface area contributed by atoms with Gasteiger partial charge in [-0.1, -0.05) is 0 Å². The zero-order valence-corrected chi connectivity index (χ0v) is 14.6. The Bertz CT molecular complexity index is 947. The molecule has 3 aromatic rings. The molecule has 0 radical (unpaired) electrons. The van der Waals surface area contributed by atoms with Gasteiger partial charge in [0.05, 0.1) is 5.39 Å². The number of benzene rings is 2. The van der Waals surface area contributed by atoms with Crippen LogP contribution in [0.15, 0.2) is 45.6 Å². The van der Waals surface area contributed by atoms with Gasteiger partial charge in [-0.2, -0.15) is 0 Å². The average Bonchev–Trinajstić information content (AvgIpc) is 3.08. The van der Waals surface area contributed by atoms with Crippen molar-refractivity contribution in [3.8, 4) is 11.5 Å². The summed E-state index contributed by atoms with van der Waals surface area (Å²) in [7, 11) is 0. The first-order valence-corrected chi connectivity index (χ1v) is 8.25. The molecule has 4 rings (SSSR count). The summed E-state index contributed by atoms with van der Waals surface area (Å²) in [5.74, 6) is 0.749. The van der Waals surface area contributed by atoms with Crippen molar-refractivity contribution in [1.29, 1.82) is 0 Å². The van der Waals surface area contributed by atoms with E-state index in [0.29, 0.717) is 23.3 Å². The number of hydrogen-bond donors (Lipinski definition) is 1. The van der Waals surface area contributed by atoms with Crippen LogP contribution in [0.2, 0.25) is 0 Å². The van der Waals surface area contributed by atoms with Crippen molar-refractivity contribution in [1.82, 2.24) is 4.90 Å². The van der Waals surface area contributed by atoms with Gasteiger partial charge in [0, 0.05) is 23.4 Å². The number of rotatable bonds is 4. The predicted octanol–water partition coefficient (Wildman–Crippen LogP) is 3.55. The average molecular weight is 362 g/mol. The van der Waals surface area contributed by atoms with E-state index in [-0.39, 0.29) is 18.2 Å². The van der Waals surface area contributed by atoms with E-state index in [4.69, 9.17) is 9.15 Å². The molecule has 0 atom stereocenters.